The van der Waals surface area contributed by atoms with Crippen LogP contribution < -0.4 is 4.74 Å². The Labute approximate surface area is 85.9 Å². The van der Waals surface area contributed by atoms with Crippen molar-refractivity contribution < 1.29 is 14.0 Å². The summed E-state index contributed by atoms with van der Waals surface area (Å²) in [5.74, 6) is 0.867. The van der Waals surface area contributed by atoms with Gasteiger partial charge in [0.05, 0.1) is 12.3 Å². The predicted octanol–water partition coefficient (Wildman–Crippen LogP) is 1.11. The van der Waals surface area contributed by atoms with Crippen molar-refractivity contribution in [2.24, 2.45) is 0 Å². The monoisotopic (exact) mass is 207 g/mol. The minimum Gasteiger partial charge on any atom is -0.448 e. The summed E-state index contributed by atoms with van der Waals surface area (Å²) in [6, 6.07) is 1.63. The number of nitrogens with zero attached hydrogens (tertiary/aromatic N) is 3. The van der Waals surface area contributed by atoms with Crippen molar-refractivity contribution in [3.8, 4) is 17.3 Å². The van der Waals surface area contributed by atoms with Crippen LogP contribution in [0.15, 0.2) is 29.2 Å². The fourth-order valence-corrected chi connectivity index (χ4v) is 0.993. The van der Waals surface area contributed by atoms with Gasteiger partial charge in [-0.3, -0.25) is 4.98 Å². The maximum atomic E-state index is 5.08. The van der Waals surface area contributed by atoms with E-state index in [1.165, 1.54) is 7.11 Å². The van der Waals surface area contributed by atoms with E-state index < -0.39 is 0 Å². The van der Waals surface area contributed by atoms with Gasteiger partial charge in [-0.1, -0.05) is 0 Å². The molecule has 0 saturated carbocycles. The third-order valence-electron chi connectivity index (χ3n) is 1.63. The van der Waals surface area contributed by atoms with Gasteiger partial charge < -0.3 is 14.0 Å². The summed E-state index contributed by atoms with van der Waals surface area (Å²) >= 11 is 0. The highest BCUT2D eigenvalue weighted by molar-refractivity contribution is 5.50. The van der Waals surface area contributed by atoms with Crippen LogP contribution >= 0.6 is 0 Å². The molecule has 2 rings (SSSR count). The Morgan fingerprint density at radius 3 is 3.07 bits per heavy atom. The van der Waals surface area contributed by atoms with Crippen LogP contribution in [-0.4, -0.2) is 29.0 Å². The zero-order valence-electron chi connectivity index (χ0n) is 8.08. The van der Waals surface area contributed by atoms with Crippen molar-refractivity contribution in [2.75, 3.05) is 13.9 Å². The molecule has 0 spiro atoms. The van der Waals surface area contributed by atoms with Crippen LogP contribution in [0, 0.1) is 0 Å². The Balaban J connectivity index is 2.14. The van der Waals surface area contributed by atoms with E-state index in [1.807, 2.05) is 0 Å². The van der Waals surface area contributed by atoms with Gasteiger partial charge in [0.15, 0.2) is 12.6 Å². The molecule has 0 aliphatic heterocycles. The van der Waals surface area contributed by atoms with Crippen LogP contribution in [0.4, 0.5) is 0 Å². The largest absolute Gasteiger partial charge is 0.448 e. The second-order valence-corrected chi connectivity index (χ2v) is 2.67. The van der Waals surface area contributed by atoms with Crippen molar-refractivity contribution in [3.05, 3.63) is 24.7 Å². The van der Waals surface area contributed by atoms with Crippen LogP contribution in [0.2, 0.25) is 0 Å². The average Bonchev–Trinajstić information content (AvgIpc) is 2.76. The molecule has 0 fully saturated rings. The number of aromatic nitrogens is 3. The molecule has 6 nitrogen and oxygen atoms in total. The smallest absolute Gasteiger partial charge is 0.256 e. The molecule has 78 valence electrons. The Morgan fingerprint density at radius 1 is 1.40 bits per heavy atom. The van der Waals surface area contributed by atoms with Crippen LogP contribution in [0.25, 0.3) is 11.5 Å². The fraction of sp³-hybridized carbons (Fsp3) is 0.222. The van der Waals surface area contributed by atoms with Gasteiger partial charge in [-0.25, -0.2) is 4.98 Å². The lowest BCUT2D eigenvalue weighted by Crippen LogP contribution is -1.98. The molecule has 15 heavy (non-hydrogen) atoms. The zero-order valence-corrected chi connectivity index (χ0v) is 8.08. The molecule has 2 aromatic heterocycles. The van der Waals surface area contributed by atoms with Crippen LogP contribution in [0.3, 0.4) is 0 Å². The highest BCUT2D eigenvalue weighted by atomic mass is 16.7. The topological polar surface area (TPSA) is 70.3 Å². The lowest BCUT2D eigenvalue weighted by Gasteiger charge is -1.96. The molecule has 6 heteroatoms. The summed E-state index contributed by atoms with van der Waals surface area (Å²) in [7, 11) is 1.53. The van der Waals surface area contributed by atoms with E-state index in [2.05, 4.69) is 15.1 Å². The molecular weight excluding hydrogens is 198 g/mol. The molecule has 0 bridgehead atoms. The second-order valence-electron chi connectivity index (χ2n) is 2.67. The number of ether oxygens (including phenoxy) is 2. The van der Waals surface area contributed by atoms with Crippen molar-refractivity contribution in [2.45, 2.75) is 0 Å². The molecular formula is C9H9N3O3. The number of rotatable bonds is 4. The Kier molecular flexibility index (Phi) is 2.89. The van der Waals surface area contributed by atoms with E-state index in [-0.39, 0.29) is 6.79 Å². The van der Waals surface area contributed by atoms with Gasteiger partial charge >= 0.3 is 0 Å². The third-order valence-corrected chi connectivity index (χ3v) is 1.63. The van der Waals surface area contributed by atoms with E-state index in [9.17, 15) is 0 Å². The third kappa shape index (κ3) is 2.29. The summed E-state index contributed by atoms with van der Waals surface area (Å²) in [5, 5.41) is 3.69. The minimum absolute atomic E-state index is 0.131. The summed E-state index contributed by atoms with van der Waals surface area (Å²) in [4.78, 5) is 7.98. The van der Waals surface area contributed by atoms with Gasteiger partial charge in [0.2, 0.25) is 0 Å². The molecule has 2 heterocycles. The average molecular weight is 207 g/mol. The highest BCUT2D eigenvalue weighted by Crippen LogP contribution is 2.20. The van der Waals surface area contributed by atoms with Crippen LogP contribution in [-0.2, 0) is 4.74 Å². The number of hydrogen-bond donors (Lipinski definition) is 0. The maximum Gasteiger partial charge on any atom is 0.256 e. The first kappa shape index (κ1) is 9.60. The Bertz CT molecular complexity index is 416. The zero-order chi connectivity index (χ0) is 10.5. The molecule has 2 aromatic rings. The molecule has 0 saturated heterocycles. The quantitative estimate of drug-likeness (QED) is 0.699. The first-order valence-corrected chi connectivity index (χ1v) is 4.25. The van der Waals surface area contributed by atoms with E-state index >= 15 is 0 Å². The summed E-state index contributed by atoms with van der Waals surface area (Å²) in [5.41, 5.74) is 0.609. The van der Waals surface area contributed by atoms with Gasteiger partial charge in [-0.15, -0.1) is 0 Å². The second kappa shape index (κ2) is 4.52. The normalized spacial score (nSPS) is 10.2. The Morgan fingerprint density at radius 2 is 2.33 bits per heavy atom. The minimum atomic E-state index is 0.131. The van der Waals surface area contributed by atoms with Gasteiger partial charge in [-0.05, 0) is 5.16 Å². The summed E-state index contributed by atoms with van der Waals surface area (Å²) < 4.78 is 14.8. The first-order valence-electron chi connectivity index (χ1n) is 4.25. The molecule has 0 amide bonds. The van der Waals surface area contributed by atoms with Crippen LogP contribution in [0.1, 0.15) is 0 Å². The molecule has 0 aliphatic carbocycles. The van der Waals surface area contributed by atoms with Gasteiger partial charge in [0.25, 0.3) is 5.88 Å². The van der Waals surface area contributed by atoms with E-state index in [0.717, 1.165) is 0 Å². The highest BCUT2D eigenvalue weighted by Gasteiger charge is 2.08. The lowest BCUT2D eigenvalue weighted by molar-refractivity contribution is 0.0453. The molecule has 0 N–H and O–H groups in total. The fourth-order valence-electron chi connectivity index (χ4n) is 0.993. The predicted molar refractivity (Wildman–Crippen MR) is 50.0 cm³/mol. The van der Waals surface area contributed by atoms with Gasteiger partial charge in [0, 0.05) is 19.5 Å². The van der Waals surface area contributed by atoms with E-state index in [1.54, 1.807) is 24.7 Å². The first-order chi connectivity index (χ1) is 7.40. The number of methoxy groups -OCH3 is 1. The molecule has 0 aromatic carbocycles. The molecule has 0 aliphatic rings. The molecule has 0 radical (unpaired) electrons. The van der Waals surface area contributed by atoms with Crippen molar-refractivity contribution >= 4 is 0 Å². The van der Waals surface area contributed by atoms with Crippen molar-refractivity contribution in [1.29, 1.82) is 0 Å². The number of hydrogen-bond acceptors (Lipinski definition) is 6. The standard InChI is InChI=1S/C9H9N3O3/c1-13-6-14-9-4-8(15-12-9)7-5-10-2-3-11-7/h2-5H,6H2,1H3. The van der Waals surface area contributed by atoms with Crippen molar-refractivity contribution in [3.63, 3.8) is 0 Å². The SMILES string of the molecule is COCOc1cc(-c2cnccn2)on1. The van der Waals surface area contributed by atoms with Crippen LogP contribution in [0.5, 0.6) is 5.88 Å². The van der Waals surface area contributed by atoms with E-state index in [0.29, 0.717) is 17.3 Å². The van der Waals surface area contributed by atoms with Crippen molar-refractivity contribution in [1.82, 2.24) is 15.1 Å². The summed E-state index contributed by atoms with van der Waals surface area (Å²) in [6.45, 7) is 0.131. The molecule has 0 atom stereocenters. The van der Waals surface area contributed by atoms with E-state index in [4.69, 9.17) is 14.0 Å². The molecule has 0 unspecified atom stereocenters. The lowest BCUT2D eigenvalue weighted by atomic mass is 10.3. The van der Waals surface area contributed by atoms with Gasteiger partial charge in [-0.2, -0.15) is 0 Å². The summed E-state index contributed by atoms with van der Waals surface area (Å²) in [6.07, 6.45) is 4.75. The van der Waals surface area contributed by atoms with Gasteiger partial charge in [0.1, 0.15) is 5.69 Å². The maximum absolute atomic E-state index is 5.08. The Hall–Kier alpha value is -1.95.